The SMILES string of the molecule is COc1cccc(C(=C=Cc2ccccn2)Cc2ccccc2)c1. The van der Waals surface area contributed by atoms with Crippen molar-refractivity contribution in [2.24, 2.45) is 0 Å². The standard InChI is InChI=1S/C22H19NO/c1-24-22-12-7-10-19(17-22)20(16-18-8-3-2-4-9-18)13-14-21-11-5-6-15-23-21/h2-12,14-15,17H,16H2,1H3. The van der Waals surface area contributed by atoms with Gasteiger partial charge in [-0.25, -0.2) is 0 Å². The zero-order chi connectivity index (χ0) is 16.6. The van der Waals surface area contributed by atoms with E-state index in [0.29, 0.717) is 0 Å². The molecule has 3 aromatic rings. The van der Waals surface area contributed by atoms with Crippen LogP contribution in [-0.4, -0.2) is 12.1 Å². The molecule has 0 unspecified atom stereocenters. The monoisotopic (exact) mass is 313 g/mol. The molecule has 2 nitrogen and oxygen atoms in total. The summed E-state index contributed by atoms with van der Waals surface area (Å²) in [5.41, 5.74) is 7.77. The van der Waals surface area contributed by atoms with Crippen LogP contribution in [0.1, 0.15) is 16.8 Å². The Hall–Kier alpha value is -3.09. The van der Waals surface area contributed by atoms with Gasteiger partial charge in [-0.05, 0) is 35.4 Å². The summed E-state index contributed by atoms with van der Waals surface area (Å²) in [6, 6.07) is 24.3. The third kappa shape index (κ3) is 4.22. The van der Waals surface area contributed by atoms with Gasteiger partial charge in [0.1, 0.15) is 5.75 Å². The van der Waals surface area contributed by atoms with Gasteiger partial charge in [0.25, 0.3) is 0 Å². The van der Waals surface area contributed by atoms with Crippen molar-refractivity contribution in [1.29, 1.82) is 0 Å². The Bertz CT molecular complexity index is 847. The second-order valence-electron chi connectivity index (χ2n) is 5.42. The molecule has 0 fully saturated rings. The molecule has 1 aromatic heterocycles. The van der Waals surface area contributed by atoms with Crippen LogP contribution in [0.2, 0.25) is 0 Å². The lowest BCUT2D eigenvalue weighted by Gasteiger charge is -2.08. The molecule has 0 spiro atoms. The van der Waals surface area contributed by atoms with Crippen LogP contribution in [0, 0.1) is 0 Å². The normalized spacial score (nSPS) is 9.88. The van der Waals surface area contributed by atoms with Crippen molar-refractivity contribution in [2.75, 3.05) is 7.11 Å². The number of aromatic nitrogens is 1. The van der Waals surface area contributed by atoms with Gasteiger partial charge < -0.3 is 4.74 Å². The molecule has 0 aliphatic carbocycles. The van der Waals surface area contributed by atoms with E-state index in [9.17, 15) is 0 Å². The molecule has 0 aliphatic heterocycles. The Morgan fingerprint density at radius 3 is 2.58 bits per heavy atom. The second kappa shape index (κ2) is 7.96. The molecular formula is C22H19NO. The highest BCUT2D eigenvalue weighted by molar-refractivity contribution is 5.71. The van der Waals surface area contributed by atoms with Crippen LogP contribution < -0.4 is 4.74 Å². The van der Waals surface area contributed by atoms with Crippen molar-refractivity contribution in [3.63, 3.8) is 0 Å². The van der Waals surface area contributed by atoms with Gasteiger partial charge in [-0.3, -0.25) is 4.98 Å². The topological polar surface area (TPSA) is 22.1 Å². The maximum Gasteiger partial charge on any atom is 0.119 e. The van der Waals surface area contributed by atoms with Gasteiger partial charge in [0.15, 0.2) is 0 Å². The predicted octanol–water partition coefficient (Wildman–Crippen LogP) is 5.03. The molecule has 2 aromatic carbocycles. The van der Waals surface area contributed by atoms with E-state index in [1.54, 1.807) is 13.3 Å². The number of hydrogen-bond acceptors (Lipinski definition) is 2. The van der Waals surface area contributed by atoms with Crippen molar-refractivity contribution < 1.29 is 4.74 Å². The zero-order valence-electron chi connectivity index (χ0n) is 13.6. The summed E-state index contributed by atoms with van der Waals surface area (Å²) >= 11 is 0. The lowest BCUT2D eigenvalue weighted by molar-refractivity contribution is 0.414. The molecule has 0 N–H and O–H groups in total. The first-order chi connectivity index (χ1) is 11.8. The van der Waals surface area contributed by atoms with Crippen molar-refractivity contribution in [3.8, 4) is 5.75 Å². The number of benzene rings is 2. The first kappa shape index (κ1) is 15.8. The molecule has 0 radical (unpaired) electrons. The average molecular weight is 313 g/mol. The van der Waals surface area contributed by atoms with Gasteiger partial charge in [-0.1, -0.05) is 48.5 Å². The highest BCUT2D eigenvalue weighted by atomic mass is 16.5. The number of methoxy groups -OCH3 is 1. The van der Waals surface area contributed by atoms with Gasteiger partial charge >= 0.3 is 0 Å². The summed E-state index contributed by atoms with van der Waals surface area (Å²) < 4.78 is 5.35. The first-order valence-electron chi connectivity index (χ1n) is 7.90. The summed E-state index contributed by atoms with van der Waals surface area (Å²) in [6.07, 6.45) is 4.52. The fraction of sp³-hybridized carbons (Fsp3) is 0.0909. The van der Waals surface area contributed by atoms with Gasteiger partial charge in [-0.2, -0.15) is 0 Å². The van der Waals surface area contributed by atoms with Crippen LogP contribution in [0.25, 0.3) is 11.6 Å². The Labute approximate surface area is 142 Å². The minimum absolute atomic E-state index is 0.803. The molecule has 0 atom stereocenters. The minimum Gasteiger partial charge on any atom is -0.497 e. The van der Waals surface area contributed by atoms with E-state index in [0.717, 1.165) is 29.0 Å². The Morgan fingerprint density at radius 1 is 1.00 bits per heavy atom. The molecular weight excluding hydrogens is 294 g/mol. The van der Waals surface area contributed by atoms with Gasteiger partial charge in [0.2, 0.25) is 0 Å². The number of pyridine rings is 1. The van der Waals surface area contributed by atoms with Crippen molar-refractivity contribution in [2.45, 2.75) is 6.42 Å². The van der Waals surface area contributed by atoms with E-state index in [1.165, 1.54) is 5.56 Å². The lowest BCUT2D eigenvalue weighted by atomic mass is 9.98. The predicted molar refractivity (Wildman–Crippen MR) is 98.8 cm³/mol. The summed E-state index contributed by atoms with van der Waals surface area (Å²) in [7, 11) is 1.68. The largest absolute Gasteiger partial charge is 0.497 e. The fourth-order valence-electron chi connectivity index (χ4n) is 2.47. The summed E-state index contributed by atoms with van der Waals surface area (Å²) in [5, 5.41) is 0. The maximum atomic E-state index is 5.35. The quantitative estimate of drug-likeness (QED) is 0.616. The molecule has 0 aliphatic rings. The molecule has 0 saturated carbocycles. The van der Waals surface area contributed by atoms with Gasteiger partial charge in [-0.15, -0.1) is 5.73 Å². The van der Waals surface area contributed by atoms with Crippen LogP contribution in [0.5, 0.6) is 5.75 Å². The van der Waals surface area contributed by atoms with Crippen LogP contribution in [0.3, 0.4) is 0 Å². The van der Waals surface area contributed by atoms with E-state index in [-0.39, 0.29) is 0 Å². The third-order valence-electron chi connectivity index (χ3n) is 3.72. The van der Waals surface area contributed by atoms with E-state index in [4.69, 9.17) is 4.74 Å². The van der Waals surface area contributed by atoms with Crippen molar-refractivity contribution in [1.82, 2.24) is 4.98 Å². The Balaban J connectivity index is 2.01. The molecule has 3 rings (SSSR count). The molecule has 118 valence electrons. The second-order valence-corrected chi connectivity index (χ2v) is 5.42. The molecule has 0 bridgehead atoms. The molecule has 0 amide bonds. The number of allylic oxidation sites excluding steroid dienone is 1. The number of ether oxygens (including phenoxy) is 1. The van der Waals surface area contributed by atoms with Crippen molar-refractivity contribution in [3.05, 3.63) is 102 Å². The van der Waals surface area contributed by atoms with E-state index in [1.807, 2.05) is 48.5 Å². The molecule has 0 saturated heterocycles. The van der Waals surface area contributed by atoms with Gasteiger partial charge in [0, 0.05) is 24.3 Å². The highest BCUT2D eigenvalue weighted by Crippen LogP contribution is 2.23. The number of rotatable bonds is 5. The molecule has 24 heavy (non-hydrogen) atoms. The minimum atomic E-state index is 0.803. The van der Waals surface area contributed by atoms with Crippen LogP contribution in [0.4, 0.5) is 0 Å². The van der Waals surface area contributed by atoms with E-state index < -0.39 is 0 Å². The molecule has 2 heteroatoms. The summed E-state index contributed by atoms with van der Waals surface area (Å²) in [6.45, 7) is 0. The smallest absolute Gasteiger partial charge is 0.119 e. The lowest BCUT2D eigenvalue weighted by Crippen LogP contribution is -1.91. The Morgan fingerprint density at radius 2 is 1.83 bits per heavy atom. The fourth-order valence-corrected chi connectivity index (χ4v) is 2.47. The zero-order valence-corrected chi connectivity index (χ0v) is 13.6. The van der Waals surface area contributed by atoms with E-state index in [2.05, 4.69) is 41.0 Å². The summed E-state index contributed by atoms with van der Waals surface area (Å²) in [4.78, 5) is 4.33. The molecule has 1 heterocycles. The number of nitrogens with zero attached hydrogens (tertiary/aromatic N) is 1. The van der Waals surface area contributed by atoms with Crippen LogP contribution in [0.15, 0.2) is 84.7 Å². The van der Waals surface area contributed by atoms with Gasteiger partial charge in [0.05, 0.1) is 12.8 Å². The number of hydrogen-bond donors (Lipinski definition) is 0. The van der Waals surface area contributed by atoms with E-state index >= 15 is 0 Å². The van der Waals surface area contributed by atoms with Crippen LogP contribution in [-0.2, 0) is 6.42 Å². The summed E-state index contributed by atoms with van der Waals surface area (Å²) in [5.74, 6) is 0.845. The van der Waals surface area contributed by atoms with Crippen molar-refractivity contribution >= 4 is 11.6 Å². The average Bonchev–Trinajstić information content (AvgIpc) is 2.67. The Kier molecular flexibility index (Phi) is 5.24. The maximum absolute atomic E-state index is 5.35. The highest BCUT2D eigenvalue weighted by Gasteiger charge is 2.04. The van der Waals surface area contributed by atoms with Crippen LogP contribution >= 0.6 is 0 Å². The first-order valence-corrected chi connectivity index (χ1v) is 7.90. The third-order valence-corrected chi connectivity index (χ3v) is 3.72.